The minimum absolute atomic E-state index is 0.0389. The van der Waals surface area contributed by atoms with Crippen molar-refractivity contribution >= 4 is 20.6 Å². The molecule has 0 radical (unpaired) electrons. The quantitative estimate of drug-likeness (QED) is 0.419. The SMILES string of the molecule is CC(=O)OC[C@H]1O[C@H]2C3C(=O)O[C@@H]([C@@H]1O[Si](F)(C(C)(C)C)C(C)(C)C)[C@H]32. The summed E-state index contributed by atoms with van der Waals surface area (Å²) in [6, 6.07) is 0. The highest BCUT2D eigenvalue weighted by Gasteiger charge is 2.74. The van der Waals surface area contributed by atoms with Crippen LogP contribution in [0, 0.1) is 11.8 Å². The Kier molecular flexibility index (Phi) is 4.56. The number of carbonyl (C=O) groups excluding carboxylic acids is 2. The van der Waals surface area contributed by atoms with Gasteiger partial charge in [-0.15, -0.1) is 0 Å². The number of hydrogen-bond donors (Lipinski definition) is 0. The lowest BCUT2D eigenvalue weighted by molar-refractivity contribution is -0.191. The normalized spacial score (nSPS) is 36.4. The largest absolute Gasteiger partial charge is 0.463 e. The molecule has 0 aromatic carbocycles. The lowest BCUT2D eigenvalue weighted by atomic mass is 10.0. The Morgan fingerprint density at radius 2 is 1.73 bits per heavy atom. The predicted octanol–water partition coefficient (Wildman–Crippen LogP) is 2.89. The molecule has 3 aliphatic rings. The van der Waals surface area contributed by atoms with E-state index in [2.05, 4.69) is 0 Å². The molecular formula is C18H29FO6Si. The zero-order valence-corrected chi connectivity index (χ0v) is 17.5. The Morgan fingerprint density at radius 1 is 1.15 bits per heavy atom. The number of rotatable bonds is 4. The van der Waals surface area contributed by atoms with E-state index >= 15 is 4.11 Å². The van der Waals surface area contributed by atoms with E-state index in [9.17, 15) is 9.59 Å². The third-order valence-corrected chi connectivity index (χ3v) is 10.1. The fraction of sp³-hybridized carbons (Fsp3) is 0.889. The van der Waals surface area contributed by atoms with Crippen molar-refractivity contribution < 1.29 is 32.3 Å². The van der Waals surface area contributed by atoms with E-state index in [1.54, 1.807) is 0 Å². The average Bonchev–Trinajstić information content (AvgIpc) is 3.08. The van der Waals surface area contributed by atoms with Crippen molar-refractivity contribution in [2.75, 3.05) is 6.61 Å². The van der Waals surface area contributed by atoms with Gasteiger partial charge in [-0.2, -0.15) is 0 Å². The zero-order valence-electron chi connectivity index (χ0n) is 16.5. The Balaban J connectivity index is 1.89. The van der Waals surface area contributed by atoms with E-state index in [-0.39, 0.29) is 30.5 Å². The summed E-state index contributed by atoms with van der Waals surface area (Å²) in [4.78, 5) is 23.2. The van der Waals surface area contributed by atoms with Crippen LogP contribution in [0.5, 0.6) is 0 Å². The van der Waals surface area contributed by atoms with Crippen LogP contribution in [0.4, 0.5) is 4.11 Å². The number of halogens is 1. The molecule has 0 N–H and O–H groups in total. The van der Waals surface area contributed by atoms with Gasteiger partial charge in [0.05, 0.1) is 12.0 Å². The van der Waals surface area contributed by atoms with E-state index < -0.39 is 43.0 Å². The third-order valence-electron chi connectivity index (χ3n) is 5.61. The van der Waals surface area contributed by atoms with Gasteiger partial charge in [0.1, 0.15) is 24.9 Å². The van der Waals surface area contributed by atoms with Crippen molar-refractivity contribution in [3.05, 3.63) is 0 Å². The second-order valence-corrected chi connectivity index (χ2v) is 14.1. The highest BCUT2D eigenvalue weighted by atomic mass is 28.4. The Bertz CT molecular complexity index is 596. The van der Waals surface area contributed by atoms with Crippen LogP contribution in [-0.2, 0) is 28.2 Å². The van der Waals surface area contributed by atoms with E-state index in [0.29, 0.717) is 0 Å². The van der Waals surface area contributed by atoms with Crippen molar-refractivity contribution in [1.82, 2.24) is 0 Å². The molecule has 2 heterocycles. The number of hydrogen-bond acceptors (Lipinski definition) is 6. The molecule has 0 aromatic heterocycles. The molecule has 2 saturated heterocycles. The number of carbonyl (C=O) groups is 2. The highest BCUT2D eigenvalue weighted by Crippen LogP contribution is 2.59. The van der Waals surface area contributed by atoms with Gasteiger partial charge in [0.25, 0.3) is 0 Å². The van der Waals surface area contributed by atoms with Crippen LogP contribution < -0.4 is 0 Å². The summed E-state index contributed by atoms with van der Waals surface area (Å²) in [6.07, 6.45) is -2.20. The van der Waals surface area contributed by atoms with Crippen LogP contribution >= 0.6 is 0 Å². The average molecular weight is 389 g/mol. The topological polar surface area (TPSA) is 71.1 Å². The van der Waals surface area contributed by atoms with Gasteiger partial charge in [0, 0.05) is 22.9 Å². The van der Waals surface area contributed by atoms with E-state index in [1.807, 2.05) is 41.5 Å². The fourth-order valence-corrected chi connectivity index (χ4v) is 7.99. The predicted molar refractivity (Wildman–Crippen MR) is 93.3 cm³/mol. The molecule has 1 unspecified atom stereocenters. The number of ether oxygens (including phenoxy) is 3. The Morgan fingerprint density at radius 3 is 2.23 bits per heavy atom. The Hall–Kier alpha value is -0.993. The molecule has 8 heteroatoms. The molecule has 1 aliphatic carbocycles. The van der Waals surface area contributed by atoms with Crippen LogP contribution in [0.2, 0.25) is 10.1 Å². The van der Waals surface area contributed by atoms with Crippen LogP contribution in [0.1, 0.15) is 48.5 Å². The molecule has 6 atom stereocenters. The van der Waals surface area contributed by atoms with E-state index in [0.717, 1.165) is 0 Å². The molecule has 148 valence electrons. The molecule has 2 aliphatic heterocycles. The van der Waals surface area contributed by atoms with Gasteiger partial charge in [-0.1, -0.05) is 41.5 Å². The first kappa shape index (κ1) is 19.8. The summed E-state index contributed by atoms with van der Waals surface area (Å²) in [5.41, 5.74) is 0. The van der Waals surface area contributed by atoms with Crippen molar-refractivity contribution in [2.24, 2.45) is 11.8 Å². The lowest BCUT2D eigenvalue weighted by Crippen LogP contribution is -2.60. The van der Waals surface area contributed by atoms with Crippen LogP contribution in [0.25, 0.3) is 0 Å². The maximum absolute atomic E-state index is 16.3. The van der Waals surface area contributed by atoms with Gasteiger partial charge in [0.2, 0.25) is 0 Å². The minimum atomic E-state index is -3.82. The maximum atomic E-state index is 16.3. The van der Waals surface area contributed by atoms with Crippen molar-refractivity contribution in [1.29, 1.82) is 0 Å². The third kappa shape index (κ3) is 2.99. The maximum Gasteiger partial charge on any atom is 0.394 e. The molecule has 3 fully saturated rings. The zero-order chi connectivity index (χ0) is 19.7. The van der Waals surface area contributed by atoms with Gasteiger partial charge in [-0.3, -0.25) is 13.7 Å². The Labute approximate surface area is 155 Å². The molecule has 26 heavy (non-hydrogen) atoms. The van der Waals surface area contributed by atoms with Crippen molar-refractivity contribution in [2.45, 2.75) is 83.0 Å². The first-order valence-electron chi connectivity index (χ1n) is 9.14. The van der Waals surface area contributed by atoms with Crippen LogP contribution in [0.15, 0.2) is 0 Å². The summed E-state index contributed by atoms with van der Waals surface area (Å²) in [5.74, 6) is -1.13. The molecule has 1 saturated carbocycles. The van der Waals surface area contributed by atoms with Crippen molar-refractivity contribution in [3.63, 3.8) is 0 Å². The summed E-state index contributed by atoms with van der Waals surface area (Å²) in [5, 5.41) is -1.39. The molecule has 3 rings (SSSR count). The minimum Gasteiger partial charge on any atom is -0.463 e. The van der Waals surface area contributed by atoms with Crippen LogP contribution in [0.3, 0.4) is 0 Å². The molecular weight excluding hydrogens is 359 g/mol. The monoisotopic (exact) mass is 388 g/mol. The number of fused-ring (bicyclic) bond motifs is 1. The second-order valence-electron chi connectivity index (χ2n) is 9.62. The van der Waals surface area contributed by atoms with Gasteiger partial charge in [-0.05, 0) is 0 Å². The summed E-state index contributed by atoms with van der Waals surface area (Å²) < 4.78 is 39.1. The van der Waals surface area contributed by atoms with E-state index in [4.69, 9.17) is 18.6 Å². The summed E-state index contributed by atoms with van der Waals surface area (Å²) in [6.45, 7) is 12.3. The standard InChI is InChI=1S/C18H29FO6Si/c1-9(20)22-8-10-13(15-11-12(14(11)23-10)16(21)24-15)25-26(19,17(2,3)4)18(5,6)7/h10-15H,8H2,1-7H3/t10-,11-,12?,13-,14-,15-/m1/s1. The van der Waals surface area contributed by atoms with Gasteiger partial charge >= 0.3 is 20.6 Å². The summed E-state index contributed by atoms with van der Waals surface area (Å²) in [7, 11) is -3.82. The van der Waals surface area contributed by atoms with Gasteiger partial charge < -0.3 is 18.6 Å². The second kappa shape index (κ2) is 6.00. The highest BCUT2D eigenvalue weighted by molar-refractivity contribution is 6.72. The first-order chi connectivity index (χ1) is 11.8. The molecule has 0 spiro atoms. The molecule has 0 aromatic rings. The molecule has 0 amide bonds. The smallest absolute Gasteiger partial charge is 0.394 e. The summed E-state index contributed by atoms with van der Waals surface area (Å²) >= 11 is 0. The van der Waals surface area contributed by atoms with Crippen molar-refractivity contribution in [3.8, 4) is 0 Å². The van der Waals surface area contributed by atoms with Crippen LogP contribution in [-0.4, -0.2) is 51.6 Å². The van der Waals surface area contributed by atoms with Gasteiger partial charge in [-0.25, -0.2) is 0 Å². The lowest BCUT2D eigenvalue weighted by Gasteiger charge is -2.48. The fourth-order valence-electron chi connectivity index (χ4n) is 4.37. The molecule has 6 nitrogen and oxygen atoms in total. The van der Waals surface area contributed by atoms with E-state index in [1.165, 1.54) is 6.92 Å². The number of esters is 2. The molecule has 0 bridgehead atoms. The van der Waals surface area contributed by atoms with Gasteiger partial charge in [0.15, 0.2) is 0 Å². The first-order valence-corrected chi connectivity index (χ1v) is 10.9.